The van der Waals surface area contributed by atoms with E-state index >= 15 is 0 Å². The van der Waals surface area contributed by atoms with Crippen LogP contribution in [-0.4, -0.2) is 50.2 Å². The van der Waals surface area contributed by atoms with Gasteiger partial charge in [0.25, 0.3) is 5.91 Å². The molecule has 0 aromatic heterocycles. The van der Waals surface area contributed by atoms with Gasteiger partial charge in [-0.3, -0.25) is 4.79 Å². The monoisotopic (exact) mass is 368 g/mol. The van der Waals surface area contributed by atoms with Crippen LogP contribution < -0.4 is 14.4 Å². The summed E-state index contributed by atoms with van der Waals surface area (Å²) < 4.78 is 11.5. The molecule has 2 aromatic carbocycles. The van der Waals surface area contributed by atoms with Crippen LogP contribution in [0.15, 0.2) is 42.5 Å². The molecule has 144 valence electrons. The van der Waals surface area contributed by atoms with Crippen LogP contribution in [0.3, 0.4) is 0 Å². The topological polar surface area (TPSA) is 42.0 Å². The molecule has 1 fully saturated rings. The van der Waals surface area contributed by atoms with Gasteiger partial charge >= 0.3 is 0 Å². The molecule has 2 aromatic rings. The Morgan fingerprint density at radius 3 is 2.41 bits per heavy atom. The number of rotatable bonds is 6. The van der Waals surface area contributed by atoms with E-state index in [4.69, 9.17) is 9.47 Å². The Morgan fingerprint density at radius 1 is 0.963 bits per heavy atom. The van der Waals surface area contributed by atoms with E-state index in [-0.39, 0.29) is 12.5 Å². The van der Waals surface area contributed by atoms with Crippen molar-refractivity contribution in [2.45, 2.75) is 20.8 Å². The summed E-state index contributed by atoms with van der Waals surface area (Å²) in [6.45, 7) is 9.73. The number of para-hydroxylation sites is 2. The van der Waals surface area contributed by atoms with Crippen molar-refractivity contribution in [2.75, 3.05) is 44.3 Å². The number of ether oxygens (including phenoxy) is 2. The van der Waals surface area contributed by atoms with E-state index in [1.165, 1.54) is 5.56 Å². The zero-order valence-corrected chi connectivity index (χ0v) is 16.4. The largest absolute Gasteiger partial charge is 0.492 e. The third-order valence-electron chi connectivity index (χ3n) is 4.82. The maximum Gasteiger partial charge on any atom is 0.260 e. The van der Waals surface area contributed by atoms with Gasteiger partial charge in [-0.2, -0.15) is 0 Å². The third kappa shape index (κ3) is 4.73. The zero-order valence-electron chi connectivity index (χ0n) is 16.4. The summed E-state index contributed by atoms with van der Waals surface area (Å²) in [4.78, 5) is 16.7. The smallest absolute Gasteiger partial charge is 0.260 e. The van der Waals surface area contributed by atoms with Crippen LogP contribution in [0.2, 0.25) is 0 Å². The highest BCUT2D eigenvalue weighted by atomic mass is 16.5. The molecule has 0 spiro atoms. The first-order chi connectivity index (χ1) is 13.1. The summed E-state index contributed by atoms with van der Waals surface area (Å²) in [5.74, 6) is 1.71. The van der Waals surface area contributed by atoms with Gasteiger partial charge in [-0.05, 0) is 44.5 Å². The van der Waals surface area contributed by atoms with Crippen LogP contribution >= 0.6 is 0 Å². The molecule has 0 bridgehead atoms. The number of carbonyl (C=O) groups excluding carboxylic acids is 1. The number of amides is 1. The van der Waals surface area contributed by atoms with Crippen molar-refractivity contribution >= 4 is 11.6 Å². The minimum Gasteiger partial charge on any atom is -0.492 e. The highest BCUT2D eigenvalue weighted by molar-refractivity contribution is 5.78. The Hall–Kier alpha value is -2.69. The van der Waals surface area contributed by atoms with Crippen LogP contribution in [0.4, 0.5) is 5.69 Å². The van der Waals surface area contributed by atoms with Gasteiger partial charge in [-0.25, -0.2) is 0 Å². The predicted molar refractivity (Wildman–Crippen MR) is 108 cm³/mol. The summed E-state index contributed by atoms with van der Waals surface area (Å²) in [7, 11) is 0. The molecule has 0 radical (unpaired) electrons. The van der Waals surface area contributed by atoms with E-state index in [9.17, 15) is 4.79 Å². The van der Waals surface area contributed by atoms with Crippen LogP contribution in [-0.2, 0) is 4.79 Å². The van der Waals surface area contributed by atoms with Gasteiger partial charge in [0.1, 0.15) is 11.5 Å². The van der Waals surface area contributed by atoms with Gasteiger partial charge in [-0.1, -0.05) is 29.8 Å². The summed E-state index contributed by atoms with van der Waals surface area (Å²) in [6.07, 6.45) is 0. The van der Waals surface area contributed by atoms with E-state index < -0.39 is 0 Å². The van der Waals surface area contributed by atoms with Gasteiger partial charge < -0.3 is 19.3 Å². The molecule has 0 saturated carbocycles. The lowest BCUT2D eigenvalue weighted by atomic mass is 10.1. The molecule has 3 rings (SSSR count). The highest BCUT2D eigenvalue weighted by Gasteiger charge is 2.23. The molecule has 1 aliphatic rings. The number of nitrogens with zero attached hydrogens (tertiary/aromatic N) is 2. The summed E-state index contributed by atoms with van der Waals surface area (Å²) >= 11 is 0. The second kappa shape index (κ2) is 8.80. The van der Waals surface area contributed by atoms with Crippen LogP contribution in [0.1, 0.15) is 18.1 Å². The van der Waals surface area contributed by atoms with Gasteiger partial charge in [0.2, 0.25) is 0 Å². The number of anilines is 1. The lowest BCUT2D eigenvalue weighted by Gasteiger charge is -2.36. The number of aryl methyl sites for hydroxylation is 2. The van der Waals surface area contributed by atoms with Gasteiger partial charge in [0.05, 0.1) is 12.3 Å². The van der Waals surface area contributed by atoms with Crippen molar-refractivity contribution in [2.24, 2.45) is 0 Å². The standard InChI is InChI=1S/C22H28N2O3/c1-4-26-21-8-6-5-7-19(21)23-11-13-24(14-12-23)22(25)16-27-20-10-9-17(2)15-18(20)3/h5-10,15H,4,11-14,16H2,1-3H3. The van der Waals surface area contributed by atoms with E-state index in [2.05, 4.69) is 17.0 Å². The van der Waals surface area contributed by atoms with Crippen molar-refractivity contribution in [1.29, 1.82) is 0 Å². The number of hydrogen-bond acceptors (Lipinski definition) is 4. The highest BCUT2D eigenvalue weighted by Crippen LogP contribution is 2.28. The van der Waals surface area contributed by atoms with Gasteiger partial charge in [-0.15, -0.1) is 0 Å². The lowest BCUT2D eigenvalue weighted by molar-refractivity contribution is -0.133. The Labute approximate surface area is 161 Å². The normalized spacial score (nSPS) is 14.2. The SMILES string of the molecule is CCOc1ccccc1N1CCN(C(=O)COc2ccc(C)cc2C)CC1. The van der Waals surface area contributed by atoms with E-state index in [0.717, 1.165) is 35.8 Å². The van der Waals surface area contributed by atoms with Crippen LogP contribution in [0.5, 0.6) is 11.5 Å². The predicted octanol–water partition coefficient (Wildman–Crippen LogP) is 3.43. The van der Waals surface area contributed by atoms with Crippen molar-refractivity contribution < 1.29 is 14.3 Å². The fraction of sp³-hybridized carbons (Fsp3) is 0.409. The number of piperazine rings is 1. The summed E-state index contributed by atoms with van der Waals surface area (Å²) in [5, 5.41) is 0. The van der Waals surface area contributed by atoms with Crippen molar-refractivity contribution in [3.05, 3.63) is 53.6 Å². The van der Waals surface area contributed by atoms with Crippen molar-refractivity contribution in [3.8, 4) is 11.5 Å². The maximum atomic E-state index is 12.5. The molecular weight excluding hydrogens is 340 g/mol. The summed E-state index contributed by atoms with van der Waals surface area (Å²) in [5.41, 5.74) is 3.34. The maximum absolute atomic E-state index is 12.5. The number of carbonyl (C=O) groups is 1. The molecule has 1 saturated heterocycles. The molecule has 0 atom stereocenters. The van der Waals surface area contributed by atoms with Gasteiger partial charge in [0, 0.05) is 26.2 Å². The van der Waals surface area contributed by atoms with Crippen LogP contribution in [0.25, 0.3) is 0 Å². The molecule has 5 nitrogen and oxygen atoms in total. The Bertz CT molecular complexity index is 783. The summed E-state index contributed by atoms with van der Waals surface area (Å²) in [6, 6.07) is 14.1. The molecule has 27 heavy (non-hydrogen) atoms. The zero-order chi connectivity index (χ0) is 19.2. The minimum absolute atomic E-state index is 0.0349. The molecule has 0 unspecified atom stereocenters. The van der Waals surface area contributed by atoms with Gasteiger partial charge in [0.15, 0.2) is 6.61 Å². The molecule has 0 N–H and O–H groups in total. The second-order valence-corrected chi connectivity index (χ2v) is 6.83. The molecule has 0 aliphatic carbocycles. The van der Waals surface area contributed by atoms with E-state index in [0.29, 0.717) is 19.7 Å². The molecule has 1 heterocycles. The average Bonchev–Trinajstić information content (AvgIpc) is 2.68. The Kier molecular flexibility index (Phi) is 6.22. The lowest BCUT2D eigenvalue weighted by Crippen LogP contribution is -2.50. The molecule has 1 aliphatic heterocycles. The first-order valence-corrected chi connectivity index (χ1v) is 9.53. The Morgan fingerprint density at radius 2 is 1.70 bits per heavy atom. The second-order valence-electron chi connectivity index (χ2n) is 6.83. The van der Waals surface area contributed by atoms with Crippen molar-refractivity contribution in [3.63, 3.8) is 0 Å². The number of hydrogen-bond donors (Lipinski definition) is 0. The number of benzene rings is 2. The average molecular weight is 368 g/mol. The van der Waals surface area contributed by atoms with Crippen molar-refractivity contribution in [1.82, 2.24) is 4.90 Å². The van der Waals surface area contributed by atoms with E-state index in [1.54, 1.807) is 0 Å². The molecule has 5 heteroatoms. The van der Waals surface area contributed by atoms with Crippen LogP contribution in [0, 0.1) is 13.8 Å². The molecule has 1 amide bonds. The van der Waals surface area contributed by atoms with E-state index in [1.807, 2.05) is 56.0 Å². The molecular formula is C22H28N2O3. The quantitative estimate of drug-likeness (QED) is 0.783. The first kappa shape index (κ1) is 19.1. The first-order valence-electron chi connectivity index (χ1n) is 9.53. The fourth-order valence-corrected chi connectivity index (χ4v) is 3.38. The Balaban J connectivity index is 1.53. The minimum atomic E-state index is 0.0349. The fourth-order valence-electron chi connectivity index (χ4n) is 3.38. The third-order valence-corrected chi connectivity index (χ3v) is 4.82.